The van der Waals surface area contributed by atoms with Crippen molar-refractivity contribution in [2.45, 2.75) is 13.5 Å². The van der Waals surface area contributed by atoms with Crippen LogP contribution in [-0.4, -0.2) is 35.6 Å². The minimum absolute atomic E-state index is 0.106. The number of ketones is 1. The molecule has 0 atom stereocenters. The first kappa shape index (κ1) is 20.3. The maximum atomic E-state index is 11.9. The maximum Gasteiger partial charge on any atom is 0.344 e. The van der Waals surface area contributed by atoms with Gasteiger partial charge in [-0.3, -0.25) is 4.79 Å². The third-order valence-corrected chi connectivity index (χ3v) is 4.06. The number of esters is 1. The van der Waals surface area contributed by atoms with Crippen molar-refractivity contribution in [3.63, 3.8) is 0 Å². The van der Waals surface area contributed by atoms with E-state index in [0.717, 1.165) is 0 Å². The SMILES string of the molecule is COc1cc(C(C)=O)ccc1OCC(=O)OCc1nc(-c2cccc(Cl)c2)no1. The zero-order valence-corrected chi connectivity index (χ0v) is 16.4. The molecule has 1 aromatic heterocycles. The summed E-state index contributed by atoms with van der Waals surface area (Å²) in [5, 5.41) is 4.38. The fourth-order valence-corrected chi connectivity index (χ4v) is 2.57. The number of carbonyl (C=O) groups excluding carboxylic acids is 2. The predicted octanol–water partition coefficient (Wildman–Crippen LogP) is 3.72. The minimum atomic E-state index is -0.634. The van der Waals surface area contributed by atoms with Gasteiger partial charge in [0.1, 0.15) is 0 Å². The van der Waals surface area contributed by atoms with Crippen LogP contribution in [0.1, 0.15) is 23.2 Å². The number of benzene rings is 2. The van der Waals surface area contributed by atoms with Crippen LogP contribution < -0.4 is 9.47 Å². The van der Waals surface area contributed by atoms with Gasteiger partial charge >= 0.3 is 5.97 Å². The fraction of sp³-hybridized carbons (Fsp3) is 0.200. The zero-order valence-electron chi connectivity index (χ0n) is 15.7. The minimum Gasteiger partial charge on any atom is -0.493 e. The summed E-state index contributed by atoms with van der Waals surface area (Å²) in [5.41, 5.74) is 1.16. The van der Waals surface area contributed by atoms with Crippen LogP contribution in [0.15, 0.2) is 47.0 Å². The van der Waals surface area contributed by atoms with Gasteiger partial charge < -0.3 is 18.7 Å². The molecule has 150 valence electrons. The van der Waals surface area contributed by atoms with Gasteiger partial charge in [0, 0.05) is 16.1 Å². The van der Waals surface area contributed by atoms with Gasteiger partial charge in [0.05, 0.1) is 7.11 Å². The number of aromatic nitrogens is 2. The molecule has 0 saturated heterocycles. The summed E-state index contributed by atoms with van der Waals surface area (Å²) in [6.07, 6.45) is 0. The molecule has 29 heavy (non-hydrogen) atoms. The van der Waals surface area contributed by atoms with E-state index in [0.29, 0.717) is 33.5 Å². The van der Waals surface area contributed by atoms with Crippen molar-refractivity contribution in [3.8, 4) is 22.9 Å². The summed E-state index contributed by atoms with van der Waals surface area (Å²) in [7, 11) is 1.44. The van der Waals surface area contributed by atoms with E-state index in [9.17, 15) is 9.59 Å². The first-order valence-electron chi connectivity index (χ1n) is 8.52. The third kappa shape index (κ3) is 5.32. The lowest BCUT2D eigenvalue weighted by molar-refractivity contribution is -0.148. The van der Waals surface area contributed by atoms with Crippen molar-refractivity contribution in [1.82, 2.24) is 10.1 Å². The molecule has 1 heterocycles. The molecule has 0 saturated carbocycles. The molecule has 3 rings (SSSR count). The molecule has 0 bridgehead atoms. The highest BCUT2D eigenvalue weighted by atomic mass is 35.5. The van der Waals surface area contributed by atoms with E-state index in [-0.39, 0.29) is 24.9 Å². The van der Waals surface area contributed by atoms with Gasteiger partial charge in [0.2, 0.25) is 5.82 Å². The molecule has 9 heteroatoms. The molecule has 0 aliphatic rings. The number of nitrogens with zero attached hydrogens (tertiary/aromatic N) is 2. The quantitative estimate of drug-likeness (QED) is 0.404. The smallest absolute Gasteiger partial charge is 0.344 e. The van der Waals surface area contributed by atoms with Gasteiger partial charge in [0.15, 0.2) is 30.5 Å². The number of hydrogen-bond donors (Lipinski definition) is 0. The Bertz CT molecular complexity index is 1030. The molecule has 8 nitrogen and oxygen atoms in total. The highest BCUT2D eigenvalue weighted by molar-refractivity contribution is 6.30. The van der Waals surface area contributed by atoms with Gasteiger partial charge in [-0.15, -0.1) is 0 Å². The van der Waals surface area contributed by atoms with Crippen molar-refractivity contribution in [3.05, 3.63) is 58.9 Å². The van der Waals surface area contributed by atoms with Crippen LogP contribution in [0.5, 0.6) is 11.5 Å². The number of hydrogen-bond acceptors (Lipinski definition) is 8. The summed E-state index contributed by atoms with van der Waals surface area (Å²) in [5.74, 6) is 0.391. The van der Waals surface area contributed by atoms with E-state index in [1.54, 1.807) is 42.5 Å². The molecule has 0 fully saturated rings. The van der Waals surface area contributed by atoms with E-state index in [1.165, 1.54) is 14.0 Å². The molecule has 2 aromatic carbocycles. The Morgan fingerprint density at radius 3 is 2.69 bits per heavy atom. The third-order valence-electron chi connectivity index (χ3n) is 3.82. The molecule has 0 aliphatic carbocycles. The van der Waals surface area contributed by atoms with E-state index in [1.807, 2.05) is 0 Å². The number of methoxy groups -OCH3 is 1. The normalized spacial score (nSPS) is 10.4. The number of halogens is 1. The Labute approximate surface area is 171 Å². The van der Waals surface area contributed by atoms with Crippen molar-refractivity contribution in [2.75, 3.05) is 13.7 Å². The number of carbonyl (C=O) groups is 2. The lowest BCUT2D eigenvalue weighted by atomic mass is 10.1. The van der Waals surface area contributed by atoms with Crippen LogP contribution in [-0.2, 0) is 16.1 Å². The Morgan fingerprint density at radius 2 is 1.97 bits per heavy atom. The van der Waals surface area contributed by atoms with Crippen LogP contribution in [0.3, 0.4) is 0 Å². The number of rotatable bonds is 8. The van der Waals surface area contributed by atoms with E-state index in [2.05, 4.69) is 10.1 Å². The Morgan fingerprint density at radius 1 is 1.14 bits per heavy atom. The second-order valence-corrected chi connectivity index (χ2v) is 6.33. The Kier molecular flexibility index (Phi) is 6.46. The molecule has 0 unspecified atom stereocenters. The van der Waals surface area contributed by atoms with Crippen LogP contribution in [0.25, 0.3) is 11.4 Å². The largest absolute Gasteiger partial charge is 0.493 e. The molecular formula is C20H17ClN2O6. The predicted molar refractivity (Wildman–Crippen MR) is 103 cm³/mol. The van der Waals surface area contributed by atoms with Crippen molar-refractivity contribution in [1.29, 1.82) is 0 Å². The Balaban J connectivity index is 1.54. The van der Waals surface area contributed by atoms with Gasteiger partial charge in [-0.2, -0.15) is 4.98 Å². The van der Waals surface area contributed by atoms with Crippen LogP contribution in [0.2, 0.25) is 5.02 Å². The van der Waals surface area contributed by atoms with Crippen molar-refractivity contribution >= 4 is 23.4 Å². The van der Waals surface area contributed by atoms with Gasteiger partial charge in [-0.05, 0) is 37.3 Å². The summed E-state index contributed by atoms with van der Waals surface area (Å²) in [6, 6.07) is 11.7. The number of ether oxygens (including phenoxy) is 3. The van der Waals surface area contributed by atoms with Crippen LogP contribution in [0.4, 0.5) is 0 Å². The van der Waals surface area contributed by atoms with Crippen LogP contribution >= 0.6 is 11.6 Å². The molecule has 0 N–H and O–H groups in total. The van der Waals surface area contributed by atoms with Crippen molar-refractivity contribution < 1.29 is 28.3 Å². The summed E-state index contributed by atoms with van der Waals surface area (Å²) in [6.45, 7) is 0.892. The zero-order chi connectivity index (χ0) is 20.8. The monoisotopic (exact) mass is 416 g/mol. The van der Waals surface area contributed by atoms with Crippen molar-refractivity contribution in [2.24, 2.45) is 0 Å². The van der Waals surface area contributed by atoms with E-state index < -0.39 is 5.97 Å². The fourth-order valence-electron chi connectivity index (χ4n) is 2.38. The summed E-state index contributed by atoms with van der Waals surface area (Å²) in [4.78, 5) is 27.5. The first-order chi connectivity index (χ1) is 14.0. The summed E-state index contributed by atoms with van der Waals surface area (Å²) < 4.78 is 20.7. The molecular weight excluding hydrogens is 400 g/mol. The molecule has 3 aromatic rings. The van der Waals surface area contributed by atoms with E-state index >= 15 is 0 Å². The Hall–Kier alpha value is -3.39. The topological polar surface area (TPSA) is 101 Å². The highest BCUT2D eigenvalue weighted by Gasteiger charge is 2.14. The highest BCUT2D eigenvalue weighted by Crippen LogP contribution is 2.28. The molecule has 0 aliphatic heterocycles. The van der Waals surface area contributed by atoms with Gasteiger partial charge in [0.25, 0.3) is 5.89 Å². The second kappa shape index (κ2) is 9.20. The molecule has 0 radical (unpaired) electrons. The number of Topliss-reactive ketones (excluding diaryl/α,β-unsaturated/α-hetero) is 1. The second-order valence-electron chi connectivity index (χ2n) is 5.89. The average Bonchev–Trinajstić information content (AvgIpc) is 3.19. The lowest BCUT2D eigenvalue weighted by Gasteiger charge is -2.11. The molecule has 0 spiro atoms. The average molecular weight is 417 g/mol. The van der Waals surface area contributed by atoms with Gasteiger partial charge in [-0.25, -0.2) is 4.79 Å². The maximum absolute atomic E-state index is 11.9. The first-order valence-corrected chi connectivity index (χ1v) is 8.90. The summed E-state index contributed by atoms with van der Waals surface area (Å²) >= 11 is 5.94. The molecule has 0 amide bonds. The van der Waals surface area contributed by atoms with E-state index in [4.69, 9.17) is 30.3 Å². The lowest BCUT2D eigenvalue weighted by Crippen LogP contribution is -2.15. The standard InChI is InChI=1S/C20H17ClN2O6/c1-12(24)13-6-7-16(17(9-13)26-2)27-11-19(25)28-10-18-22-20(23-29-18)14-4-3-5-15(21)8-14/h3-9H,10-11H2,1-2H3. The van der Waals surface area contributed by atoms with Gasteiger partial charge in [-0.1, -0.05) is 28.9 Å². The van der Waals surface area contributed by atoms with Crippen LogP contribution in [0, 0.1) is 0 Å².